The Balaban J connectivity index is 1.90. The minimum absolute atomic E-state index is 0.215. The van der Waals surface area contributed by atoms with Crippen LogP contribution in [0.1, 0.15) is 26.3 Å². The third kappa shape index (κ3) is 2.81. The normalized spacial score (nSPS) is 14.3. The predicted molar refractivity (Wildman–Crippen MR) is 83.7 cm³/mol. The van der Waals surface area contributed by atoms with E-state index in [9.17, 15) is 9.59 Å². The lowest BCUT2D eigenvalue weighted by Crippen LogP contribution is -2.02. The summed E-state index contributed by atoms with van der Waals surface area (Å²) in [6, 6.07) is 11.9. The summed E-state index contributed by atoms with van der Waals surface area (Å²) in [6.45, 7) is 0. The molecular formula is C18H14O5. The van der Waals surface area contributed by atoms with Gasteiger partial charge in [-0.25, -0.2) is 4.79 Å². The molecule has 0 saturated carbocycles. The van der Waals surface area contributed by atoms with Gasteiger partial charge in [0.1, 0.15) is 11.5 Å². The van der Waals surface area contributed by atoms with Crippen molar-refractivity contribution in [3.63, 3.8) is 0 Å². The van der Waals surface area contributed by atoms with E-state index in [1.807, 2.05) is 12.1 Å². The SMILES string of the molecule is COC(=O)c1ccc2c(c1)C(=O)/C(=C\c1ccc(OC)cc1)O2. The van der Waals surface area contributed by atoms with Crippen LogP contribution in [0.25, 0.3) is 6.08 Å². The van der Waals surface area contributed by atoms with Crippen LogP contribution in [0.4, 0.5) is 0 Å². The van der Waals surface area contributed by atoms with Crippen molar-refractivity contribution in [2.75, 3.05) is 14.2 Å². The van der Waals surface area contributed by atoms with Crippen molar-refractivity contribution >= 4 is 17.8 Å². The number of allylic oxidation sites excluding steroid dienone is 1. The van der Waals surface area contributed by atoms with Crippen molar-refractivity contribution in [1.82, 2.24) is 0 Å². The number of benzene rings is 2. The molecule has 0 radical (unpaired) electrons. The Morgan fingerprint density at radius 3 is 2.48 bits per heavy atom. The standard InChI is InChI=1S/C18H14O5/c1-21-13-6-3-11(4-7-13)9-16-17(19)14-10-12(18(20)22-2)5-8-15(14)23-16/h3-10H,1-2H3/b16-9+. The number of fused-ring (bicyclic) bond motifs is 1. The topological polar surface area (TPSA) is 61.8 Å². The molecule has 116 valence electrons. The zero-order chi connectivity index (χ0) is 16.4. The van der Waals surface area contributed by atoms with E-state index in [-0.39, 0.29) is 11.5 Å². The van der Waals surface area contributed by atoms with E-state index in [0.717, 1.165) is 11.3 Å². The number of carbonyl (C=O) groups excluding carboxylic acids is 2. The molecule has 0 N–H and O–H groups in total. The van der Waals surface area contributed by atoms with Crippen LogP contribution in [0.3, 0.4) is 0 Å². The van der Waals surface area contributed by atoms with Crippen LogP contribution in [-0.2, 0) is 4.74 Å². The number of rotatable bonds is 3. The van der Waals surface area contributed by atoms with Crippen molar-refractivity contribution < 1.29 is 23.8 Å². The first kappa shape index (κ1) is 14.8. The fourth-order valence-electron chi connectivity index (χ4n) is 2.29. The zero-order valence-corrected chi connectivity index (χ0v) is 12.7. The Bertz CT molecular complexity index is 803. The first-order valence-corrected chi connectivity index (χ1v) is 6.93. The number of ether oxygens (including phenoxy) is 3. The molecule has 0 bridgehead atoms. The highest BCUT2D eigenvalue weighted by Crippen LogP contribution is 2.32. The van der Waals surface area contributed by atoms with Gasteiger partial charge < -0.3 is 14.2 Å². The van der Waals surface area contributed by atoms with Crippen molar-refractivity contribution in [2.45, 2.75) is 0 Å². The van der Waals surface area contributed by atoms with E-state index < -0.39 is 5.97 Å². The van der Waals surface area contributed by atoms with Crippen LogP contribution in [0.2, 0.25) is 0 Å². The highest BCUT2D eigenvalue weighted by Gasteiger charge is 2.28. The van der Waals surface area contributed by atoms with E-state index >= 15 is 0 Å². The molecule has 0 fully saturated rings. The maximum absolute atomic E-state index is 12.4. The summed E-state index contributed by atoms with van der Waals surface area (Å²) in [4.78, 5) is 24.0. The molecule has 2 aromatic carbocycles. The summed E-state index contributed by atoms with van der Waals surface area (Å²) in [6.07, 6.45) is 1.65. The summed E-state index contributed by atoms with van der Waals surface area (Å²) >= 11 is 0. The van der Waals surface area contributed by atoms with Crippen molar-refractivity contribution in [3.8, 4) is 11.5 Å². The molecule has 0 aromatic heterocycles. The maximum atomic E-state index is 12.4. The summed E-state index contributed by atoms with van der Waals surface area (Å²) in [7, 11) is 2.88. The summed E-state index contributed by atoms with van der Waals surface area (Å²) in [5.74, 6) is 0.626. The molecule has 5 nitrogen and oxygen atoms in total. The third-order valence-corrected chi connectivity index (χ3v) is 3.50. The van der Waals surface area contributed by atoms with Crippen LogP contribution in [-0.4, -0.2) is 26.0 Å². The summed E-state index contributed by atoms with van der Waals surface area (Å²) < 4.78 is 15.3. The minimum Gasteiger partial charge on any atom is -0.497 e. The van der Waals surface area contributed by atoms with Crippen molar-refractivity contribution in [3.05, 3.63) is 64.9 Å². The molecule has 0 saturated heterocycles. The van der Waals surface area contributed by atoms with Gasteiger partial charge in [0.2, 0.25) is 5.78 Å². The number of carbonyl (C=O) groups is 2. The van der Waals surface area contributed by atoms with Crippen LogP contribution in [0.15, 0.2) is 48.2 Å². The van der Waals surface area contributed by atoms with Gasteiger partial charge in [-0.1, -0.05) is 12.1 Å². The molecule has 1 aliphatic rings. The molecule has 5 heteroatoms. The van der Waals surface area contributed by atoms with Gasteiger partial charge in [0.15, 0.2) is 5.76 Å². The van der Waals surface area contributed by atoms with Gasteiger partial charge in [0.05, 0.1) is 25.3 Å². The van der Waals surface area contributed by atoms with E-state index in [4.69, 9.17) is 9.47 Å². The smallest absolute Gasteiger partial charge is 0.337 e. The second kappa shape index (κ2) is 5.96. The van der Waals surface area contributed by atoms with Gasteiger partial charge in [-0.15, -0.1) is 0 Å². The first-order valence-electron chi connectivity index (χ1n) is 6.93. The van der Waals surface area contributed by atoms with Crippen molar-refractivity contribution in [2.24, 2.45) is 0 Å². The molecule has 0 spiro atoms. The van der Waals surface area contributed by atoms with E-state index in [0.29, 0.717) is 16.9 Å². The average molecular weight is 310 g/mol. The number of ketones is 1. The Labute approximate surface area is 133 Å². The fraction of sp³-hybridized carbons (Fsp3) is 0.111. The molecule has 0 amide bonds. The second-order valence-electron chi connectivity index (χ2n) is 4.92. The lowest BCUT2D eigenvalue weighted by Gasteiger charge is -2.01. The molecule has 3 rings (SSSR count). The van der Waals surface area contributed by atoms with E-state index in [2.05, 4.69) is 4.74 Å². The zero-order valence-electron chi connectivity index (χ0n) is 12.7. The van der Waals surface area contributed by atoms with Crippen LogP contribution >= 0.6 is 0 Å². The van der Waals surface area contributed by atoms with Crippen molar-refractivity contribution in [1.29, 1.82) is 0 Å². The number of hydrogen-bond donors (Lipinski definition) is 0. The highest BCUT2D eigenvalue weighted by molar-refractivity contribution is 6.15. The van der Waals surface area contributed by atoms with Crippen LogP contribution < -0.4 is 9.47 Å². The largest absolute Gasteiger partial charge is 0.497 e. The molecular weight excluding hydrogens is 296 g/mol. The molecule has 1 aliphatic heterocycles. The monoisotopic (exact) mass is 310 g/mol. The summed E-state index contributed by atoms with van der Waals surface area (Å²) in [5.41, 5.74) is 1.48. The molecule has 0 unspecified atom stereocenters. The Morgan fingerprint density at radius 1 is 1.09 bits per heavy atom. The number of esters is 1. The van der Waals surface area contributed by atoms with Gasteiger partial charge in [-0.3, -0.25) is 4.79 Å². The molecule has 0 aliphatic carbocycles. The predicted octanol–water partition coefficient (Wildman–Crippen LogP) is 3.10. The molecule has 0 atom stereocenters. The maximum Gasteiger partial charge on any atom is 0.337 e. The highest BCUT2D eigenvalue weighted by atomic mass is 16.5. The van der Waals surface area contributed by atoms with E-state index in [1.165, 1.54) is 13.2 Å². The van der Waals surface area contributed by atoms with E-state index in [1.54, 1.807) is 37.5 Å². The molecule has 2 aromatic rings. The molecule has 23 heavy (non-hydrogen) atoms. The quantitative estimate of drug-likeness (QED) is 0.644. The Hall–Kier alpha value is -3.08. The Kier molecular flexibility index (Phi) is 3.85. The number of Topliss-reactive ketones (excluding diaryl/α,β-unsaturated/α-hetero) is 1. The van der Waals surface area contributed by atoms with Crippen LogP contribution in [0.5, 0.6) is 11.5 Å². The second-order valence-corrected chi connectivity index (χ2v) is 4.92. The Morgan fingerprint density at radius 2 is 1.83 bits per heavy atom. The van der Waals surface area contributed by atoms with Gasteiger partial charge in [-0.2, -0.15) is 0 Å². The summed E-state index contributed by atoms with van der Waals surface area (Å²) in [5, 5.41) is 0. The van der Waals surface area contributed by atoms with Gasteiger partial charge in [0, 0.05) is 0 Å². The average Bonchev–Trinajstić information content (AvgIpc) is 2.90. The van der Waals surface area contributed by atoms with Gasteiger partial charge >= 0.3 is 5.97 Å². The van der Waals surface area contributed by atoms with Gasteiger partial charge in [0.25, 0.3) is 0 Å². The minimum atomic E-state index is -0.492. The van der Waals surface area contributed by atoms with Crippen LogP contribution in [0, 0.1) is 0 Å². The first-order chi connectivity index (χ1) is 11.1. The van der Waals surface area contributed by atoms with Gasteiger partial charge in [-0.05, 0) is 42.0 Å². The number of hydrogen-bond acceptors (Lipinski definition) is 5. The molecule has 1 heterocycles. The number of methoxy groups -OCH3 is 2. The third-order valence-electron chi connectivity index (χ3n) is 3.50. The fourth-order valence-corrected chi connectivity index (χ4v) is 2.29. The lowest BCUT2D eigenvalue weighted by atomic mass is 10.1. The lowest BCUT2D eigenvalue weighted by molar-refractivity contribution is 0.0600.